The summed E-state index contributed by atoms with van der Waals surface area (Å²) < 4.78 is 13.7. The molecule has 0 saturated carbocycles. The third-order valence-electron chi connectivity index (χ3n) is 2.29. The van der Waals surface area contributed by atoms with Gasteiger partial charge in [0.25, 0.3) is 0 Å². The van der Waals surface area contributed by atoms with Crippen molar-refractivity contribution in [2.75, 3.05) is 5.75 Å². The Labute approximate surface area is 113 Å². The van der Waals surface area contributed by atoms with Crippen LogP contribution >= 0.6 is 11.8 Å². The standard InChI is InChI=1S/C13H11FN2O2S/c1-8-6-11(19-7-12(17)18)16-13(15-8)9-4-2-3-5-10(9)14/h2-6H,7H2,1H3,(H,17,18). The van der Waals surface area contributed by atoms with Crippen LogP contribution in [0.4, 0.5) is 4.39 Å². The van der Waals surface area contributed by atoms with Gasteiger partial charge in [-0.05, 0) is 25.1 Å². The number of nitrogens with zero attached hydrogens (tertiary/aromatic N) is 2. The lowest BCUT2D eigenvalue weighted by atomic mass is 10.2. The number of hydrogen-bond donors (Lipinski definition) is 1. The van der Waals surface area contributed by atoms with Crippen LogP contribution < -0.4 is 0 Å². The fourth-order valence-corrected chi connectivity index (χ4v) is 2.19. The first kappa shape index (κ1) is 13.5. The van der Waals surface area contributed by atoms with Crippen LogP contribution in [0.3, 0.4) is 0 Å². The number of rotatable bonds is 4. The maximum absolute atomic E-state index is 13.7. The number of benzene rings is 1. The van der Waals surface area contributed by atoms with E-state index in [0.29, 0.717) is 16.3 Å². The summed E-state index contributed by atoms with van der Waals surface area (Å²) in [6.45, 7) is 1.76. The highest BCUT2D eigenvalue weighted by Gasteiger charge is 2.10. The third-order valence-corrected chi connectivity index (χ3v) is 3.19. The van der Waals surface area contributed by atoms with Gasteiger partial charge in [0, 0.05) is 5.69 Å². The molecule has 2 aromatic rings. The zero-order chi connectivity index (χ0) is 13.8. The quantitative estimate of drug-likeness (QED) is 0.688. The van der Waals surface area contributed by atoms with Crippen molar-refractivity contribution >= 4 is 17.7 Å². The zero-order valence-corrected chi connectivity index (χ0v) is 10.9. The van der Waals surface area contributed by atoms with Gasteiger partial charge in [-0.2, -0.15) is 0 Å². The second-order valence-electron chi connectivity index (χ2n) is 3.83. The zero-order valence-electron chi connectivity index (χ0n) is 10.1. The number of thioether (sulfide) groups is 1. The molecular formula is C13H11FN2O2S. The Morgan fingerprint density at radius 1 is 1.37 bits per heavy atom. The smallest absolute Gasteiger partial charge is 0.313 e. The number of aryl methyl sites for hydroxylation is 1. The first-order chi connectivity index (χ1) is 9.06. The number of carboxylic acid groups (broad SMARTS) is 1. The van der Waals surface area contributed by atoms with Gasteiger partial charge in [0.2, 0.25) is 0 Å². The molecule has 0 amide bonds. The Morgan fingerprint density at radius 3 is 2.79 bits per heavy atom. The lowest BCUT2D eigenvalue weighted by Gasteiger charge is -2.05. The molecule has 0 aliphatic carbocycles. The topological polar surface area (TPSA) is 63.1 Å². The van der Waals surface area contributed by atoms with Crippen LogP contribution in [0.15, 0.2) is 35.4 Å². The summed E-state index contributed by atoms with van der Waals surface area (Å²) in [5, 5.41) is 9.17. The molecule has 0 bridgehead atoms. The number of aliphatic carboxylic acids is 1. The van der Waals surface area contributed by atoms with Crippen molar-refractivity contribution in [1.29, 1.82) is 0 Å². The molecule has 0 unspecified atom stereocenters. The normalized spacial score (nSPS) is 10.4. The molecule has 1 aromatic heterocycles. The van der Waals surface area contributed by atoms with Crippen LogP contribution in [0.5, 0.6) is 0 Å². The molecule has 98 valence electrons. The summed E-state index contributed by atoms with van der Waals surface area (Å²) in [5.74, 6) is -1.14. The van der Waals surface area contributed by atoms with E-state index in [-0.39, 0.29) is 11.6 Å². The summed E-state index contributed by atoms with van der Waals surface area (Å²) in [5.41, 5.74) is 0.976. The molecule has 0 radical (unpaired) electrons. The molecule has 1 aromatic carbocycles. The lowest BCUT2D eigenvalue weighted by molar-refractivity contribution is -0.133. The van der Waals surface area contributed by atoms with Crippen LogP contribution in [0.2, 0.25) is 0 Å². The van der Waals surface area contributed by atoms with Gasteiger partial charge in [0.05, 0.1) is 11.3 Å². The van der Waals surface area contributed by atoms with E-state index in [1.165, 1.54) is 6.07 Å². The number of aromatic nitrogens is 2. The van der Waals surface area contributed by atoms with Crippen molar-refractivity contribution in [2.24, 2.45) is 0 Å². The predicted octanol–water partition coefficient (Wildman–Crippen LogP) is 2.77. The monoisotopic (exact) mass is 278 g/mol. The maximum Gasteiger partial charge on any atom is 0.313 e. The first-order valence-corrected chi connectivity index (χ1v) is 6.50. The predicted molar refractivity (Wildman–Crippen MR) is 70.5 cm³/mol. The van der Waals surface area contributed by atoms with E-state index < -0.39 is 11.8 Å². The Hall–Kier alpha value is -1.95. The molecule has 0 atom stereocenters. The van der Waals surface area contributed by atoms with Gasteiger partial charge in [-0.15, -0.1) is 0 Å². The molecule has 0 fully saturated rings. The number of hydrogen-bond acceptors (Lipinski definition) is 4. The van der Waals surface area contributed by atoms with Gasteiger partial charge in [0.1, 0.15) is 10.8 Å². The van der Waals surface area contributed by atoms with E-state index in [1.54, 1.807) is 31.2 Å². The SMILES string of the molecule is Cc1cc(SCC(=O)O)nc(-c2ccccc2F)n1. The molecule has 1 N–H and O–H groups in total. The largest absolute Gasteiger partial charge is 0.481 e. The molecule has 1 heterocycles. The molecular weight excluding hydrogens is 267 g/mol. The van der Waals surface area contributed by atoms with Crippen LogP contribution in [0.1, 0.15) is 5.69 Å². The second kappa shape index (κ2) is 5.79. The Morgan fingerprint density at radius 2 is 2.11 bits per heavy atom. The first-order valence-electron chi connectivity index (χ1n) is 5.51. The summed E-state index contributed by atoms with van der Waals surface area (Å²) in [4.78, 5) is 18.9. The Kier molecular flexibility index (Phi) is 4.11. The minimum atomic E-state index is -0.922. The number of carbonyl (C=O) groups is 1. The summed E-state index contributed by atoms with van der Waals surface area (Å²) in [6.07, 6.45) is 0. The second-order valence-corrected chi connectivity index (χ2v) is 4.83. The van der Waals surface area contributed by atoms with E-state index >= 15 is 0 Å². The molecule has 0 aliphatic heterocycles. The minimum Gasteiger partial charge on any atom is -0.481 e. The van der Waals surface area contributed by atoms with Crippen LogP contribution in [-0.2, 0) is 4.79 Å². The van der Waals surface area contributed by atoms with E-state index in [1.807, 2.05) is 0 Å². The number of halogens is 1. The molecule has 19 heavy (non-hydrogen) atoms. The summed E-state index contributed by atoms with van der Waals surface area (Å²) >= 11 is 1.08. The van der Waals surface area contributed by atoms with Crippen molar-refractivity contribution < 1.29 is 14.3 Å². The van der Waals surface area contributed by atoms with Gasteiger partial charge in [-0.3, -0.25) is 4.79 Å². The average Bonchev–Trinajstić information content (AvgIpc) is 2.36. The molecule has 0 spiro atoms. The molecule has 2 rings (SSSR count). The van der Waals surface area contributed by atoms with Crippen molar-refractivity contribution in [3.63, 3.8) is 0 Å². The van der Waals surface area contributed by atoms with E-state index in [0.717, 1.165) is 11.8 Å². The fourth-order valence-electron chi connectivity index (χ4n) is 1.51. The van der Waals surface area contributed by atoms with Crippen molar-refractivity contribution in [1.82, 2.24) is 9.97 Å². The van der Waals surface area contributed by atoms with Gasteiger partial charge >= 0.3 is 5.97 Å². The molecule has 6 heteroatoms. The highest BCUT2D eigenvalue weighted by molar-refractivity contribution is 7.99. The average molecular weight is 278 g/mol. The minimum absolute atomic E-state index is 0.0901. The van der Waals surface area contributed by atoms with Crippen molar-refractivity contribution in [2.45, 2.75) is 11.9 Å². The van der Waals surface area contributed by atoms with Crippen LogP contribution in [-0.4, -0.2) is 26.8 Å². The van der Waals surface area contributed by atoms with Crippen LogP contribution in [0, 0.1) is 12.7 Å². The highest BCUT2D eigenvalue weighted by atomic mass is 32.2. The summed E-state index contributed by atoms with van der Waals surface area (Å²) in [7, 11) is 0. The molecule has 0 aliphatic rings. The maximum atomic E-state index is 13.7. The van der Waals surface area contributed by atoms with E-state index in [2.05, 4.69) is 9.97 Å². The van der Waals surface area contributed by atoms with Crippen molar-refractivity contribution in [3.05, 3.63) is 41.8 Å². The van der Waals surface area contributed by atoms with E-state index in [9.17, 15) is 9.18 Å². The highest BCUT2D eigenvalue weighted by Crippen LogP contribution is 2.23. The lowest BCUT2D eigenvalue weighted by Crippen LogP contribution is -2.00. The van der Waals surface area contributed by atoms with Crippen molar-refractivity contribution in [3.8, 4) is 11.4 Å². The molecule has 4 nitrogen and oxygen atoms in total. The van der Waals surface area contributed by atoms with E-state index in [4.69, 9.17) is 5.11 Å². The number of carboxylic acids is 1. The Bertz CT molecular complexity index is 619. The Balaban J connectivity index is 2.36. The van der Waals surface area contributed by atoms with Gasteiger partial charge in [-0.1, -0.05) is 23.9 Å². The van der Waals surface area contributed by atoms with Gasteiger partial charge < -0.3 is 5.11 Å². The third kappa shape index (κ3) is 3.51. The summed E-state index contributed by atoms with van der Waals surface area (Å²) in [6, 6.07) is 7.90. The van der Waals surface area contributed by atoms with Gasteiger partial charge in [0.15, 0.2) is 5.82 Å². The van der Waals surface area contributed by atoms with Gasteiger partial charge in [-0.25, -0.2) is 14.4 Å². The molecule has 0 saturated heterocycles. The van der Waals surface area contributed by atoms with Crippen LogP contribution in [0.25, 0.3) is 11.4 Å². The fraction of sp³-hybridized carbons (Fsp3) is 0.154.